The van der Waals surface area contributed by atoms with Crippen LogP contribution in [0, 0.1) is 5.82 Å². The number of halogens is 2. The SMILES string of the molecule is Nc1ccc(NC(=O)c2ccc(Br)cc2)cc1F. The van der Waals surface area contributed by atoms with Gasteiger partial charge in [0.1, 0.15) is 5.82 Å². The predicted octanol–water partition coefficient (Wildman–Crippen LogP) is 3.42. The summed E-state index contributed by atoms with van der Waals surface area (Å²) in [4.78, 5) is 11.8. The van der Waals surface area contributed by atoms with Crippen LogP contribution >= 0.6 is 15.9 Å². The first-order chi connectivity index (χ1) is 8.56. The van der Waals surface area contributed by atoms with Gasteiger partial charge in [-0.3, -0.25) is 4.79 Å². The van der Waals surface area contributed by atoms with Crippen LogP contribution in [0.25, 0.3) is 0 Å². The van der Waals surface area contributed by atoms with Gasteiger partial charge in [-0.2, -0.15) is 0 Å². The molecule has 0 saturated heterocycles. The highest BCUT2D eigenvalue weighted by atomic mass is 79.9. The van der Waals surface area contributed by atoms with Gasteiger partial charge in [0.05, 0.1) is 5.69 Å². The van der Waals surface area contributed by atoms with Crippen molar-refractivity contribution in [2.75, 3.05) is 11.1 Å². The Morgan fingerprint density at radius 1 is 1.17 bits per heavy atom. The molecule has 18 heavy (non-hydrogen) atoms. The van der Waals surface area contributed by atoms with Crippen LogP contribution in [0.1, 0.15) is 10.4 Å². The Morgan fingerprint density at radius 2 is 1.83 bits per heavy atom. The molecule has 92 valence electrons. The van der Waals surface area contributed by atoms with E-state index >= 15 is 0 Å². The molecule has 0 atom stereocenters. The smallest absolute Gasteiger partial charge is 0.255 e. The standard InChI is InChI=1S/C13H10BrFN2O/c14-9-3-1-8(2-4-9)13(18)17-10-5-6-12(16)11(15)7-10/h1-7H,16H2,(H,17,18). The maximum absolute atomic E-state index is 13.2. The summed E-state index contributed by atoms with van der Waals surface area (Å²) in [5, 5.41) is 2.60. The average Bonchev–Trinajstić information content (AvgIpc) is 2.34. The average molecular weight is 309 g/mol. The van der Waals surface area contributed by atoms with Crippen molar-refractivity contribution < 1.29 is 9.18 Å². The Hall–Kier alpha value is -1.88. The maximum Gasteiger partial charge on any atom is 0.255 e. The Kier molecular flexibility index (Phi) is 3.62. The third-order valence-electron chi connectivity index (χ3n) is 2.36. The number of hydrogen-bond acceptors (Lipinski definition) is 2. The van der Waals surface area contributed by atoms with Crippen molar-refractivity contribution in [1.82, 2.24) is 0 Å². The molecule has 0 aromatic heterocycles. The van der Waals surface area contributed by atoms with Crippen LogP contribution in [0.15, 0.2) is 46.9 Å². The number of nitrogen functional groups attached to an aromatic ring is 1. The fourth-order valence-corrected chi connectivity index (χ4v) is 1.67. The minimum atomic E-state index is -0.552. The summed E-state index contributed by atoms with van der Waals surface area (Å²) in [6.07, 6.45) is 0. The monoisotopic (exact) mass is 308 g/mol. The molecular weight excluding hydrogens is 299 g/mol. The quantitative estimate of drug-likeness (QED) is 0.835. The second kappa shape index (κ2) is 5.18. The molecule has 2 rings (SSSR count). The summed E-state index contributed by atoms with van der Waals surface area (Å²) in [5.41, 5.74) is 6.27. The van der Waals surface area contributed by atoms with E-state index in [0.717, 1.165) is 4.47 Å². The largest absolute Gasteiger partial charge is 0.396 e. The minimum Gasteiger partial charge on any atom is -0.396 e. The summed E-state index contributed by atoms with van der Waals surface area (Å²) < 4.78 is 14.1. The molecule has 3 N–H and O–H groups in total. The maximum atomic E-state index is 13.2. The van der Waals surface area contributed by atoms with E-state index in [-0.39, 0.29) is 11.6 Å². The number of hydrogen-bond donors (Lipinski definition) is 2. The number of nitrogens with one attached hydrogen (secondary N) is 1. The van der Waals surface area contributed by atoms with E-state index in [2.05, 4.69) is 21.2 Å². The van der Waals surface area contributed by atoms with E-state index in [1.54, 1.807) is 30.3 Å². The van der Waals surface area contributed by atoms with E-state index in [0.29, 0.717) is 11.3 Å². The Labute approximate surface area is 112 Å². The first-order valence-corrected chi connectivity index (χ1v) is 5.97. The van der Waals surface area contributed by atoms with E-state index in [4.69, 9.17) is 5.73 Å². The number of nitrogens with two attached hydrogens (primary N) is 1. The van der Waals surface area contributed by atoms with Gasteiger partial charge >= 0.3 is 0 Å². The molecule has 0 heterocycles. The second-order valence-electron chi connectivity index (χ2n) is 3.70. The Morgan fingerprint density at radius 3 is 2.44 bits per heavy atom. The minimum absolute atomic E-state index is 0.0524. The van der Waals surface area contributed by atoms with Gasteiger partial charge in [-0.15, -0.1) is 0 Å². The van der Waals surface area contributed by atoms with E-state index in [9.17, 15) is 9.18 Å². The van der Waals surface area contributed by atoms with E-state index in [1.165, 1.54) is 12.1 Å². The second-order valence-corrected chi connectivity index (χ2v) is 4.61. The molecule has 0 bridgehead atoms. The van der Waals surface area contributed by atoms with E-state index in [1.807, 2.05) is 0 Å². The first-order valence-electron chi connectivity index (χ1n) is 5.18. The van der Waals surface area contributed by atoms with Crippen molar-refractivity contribution >= 4 is 33.2 Å². The molecule has 0 radical (unpaired) electrons. The topological polar surface area (TPSA) is 55.1 Å². The van der Waals surface area contributed by atoms with E-state index < -0.39 is 5.82 Å². The van der Waals surface area contributed by atoms with Gasteiger partial charge in [-0.25, -0.2) is 4.39 Å². The molecule has 5 heteroatoms. The lowest BCUT2D eigenvalue weighted by Crippen LogP contribution is -2.12. The van der Waals surface area contributed by atoms with Crippen molar-refractivity contribution in [2.24, 2.45) is 0 Å². The van der Waals surface area contributed by atoms with Crippen LogP contribution in [0.2, 0.25) is 0 Å². The van der Waals surface area contributed by atoms with Gasteiger partial charge in [0.15, 0.2) is 0 Å². The molecule has 0 fully saturated rings. The molecule has 3 nitrogen and oxygen atoms in total. The molecule has 0 aliphatic heterocycles. The summed E-state index contributed by atoms with van der Waals surface area (Å²) in [6.45, 7) is 0. The first kappa shape index (κ1) is 12.6. The molecule has 0 spiro atoms. The van der Waals surface area contributed by atoms with Crippen LogP contribution in [0.5, 0.6) is 0 Å². The van der Waals surface area contributed by atoms with Gasteiger partial charge < -0.3 is 11.1 Å². The summed E-state index contributed by atoms with van der Waals surface area (Å²) in [6, 6.07) is 11.0. The molecule has 2 aromatic carbocycles. The molecule has 2 aromatic rings. The third-order valence-corrected chi connectivity index (χ3v) is 2.89. The van der Waals surface area contributed by atoms with Gasteiger partial charge in [-0.05, 0) is 42.5 Å². The lowest BCUT2D eigenvalue weighted by Gasteiger charge is -2.06. The van der Waals surface area contributed by atoms with Crippen molar-refractivity contribution in [3.8, 4) is 0 Å². The zero-order valence-electron chi connectivity index (χ0n) is 9.28. The number of carbonyl (C=O) groups excluding carboxylic acids is 1. The lowest BCUT2D eigenvalue weighted by molar-refractivity contribution is 0.102. The van der Waals surface area contributed by atoms with Gasteiger partial charge in [0, 0.05) is 15.7 Å². The van der Waals surface area contributed by atoms with Crippen LogP contribution in [-0.4, -0.2) is 5.91 Å². The number of anilines is 2. The van der Waals surface area contributed by atoms with Crippen molar-refractivity contribution in [3.05, 3.63) is 58.3 Å². The zero-order valence-corrected chi connectivity index (χ0v) is 10.9. The van der Waals surface area contributed by atoms with Crippen LogP contribution in [0.3, 0.4) is 0 Å². The number of amides is 1. The molecule has 0 saturated carbocycles. The number of benzene rings is 2. The van der Waals surface area contributed by atoms with Gasteiger partial charge in [0.25, 0.3) is 5.91 Å². The number of carbonyl (C=O) groups is 1. The van der Waals surface area contributed by atoms with Crippen LogP contribution < -0.4 is 11.1 Å². The van der Waals surface area contributed by atoms with Crippen molar-refractivity contribution in [3.63, 3.8) is 0 Å². The van der Waals surface area contributed by atoms with Crippen molar-refractivity contribution in [2.45, 2.75) is 0 Å². The highest BCUT2D eigenvalue weighted by Crippen LogP contribution is 2.17. The van der Waals surface area contributed by atoms with Crippen LogP contribution in [0.4, 0.5) is 15.8 Å². The van der Waals surface area contributed by atoms with Gasteiger partial charge in [0.2, 0.25) is 0 Å². The molecule has 0 aliphatic carbocycles. The molecule has 0 unspecified atom stereocenters. The van der Waals surface area contributed by atoms with Crippen molar-refractivity contribution in [1.29, 1.82) is 0 Å². The number of rotatable bonds is 2. The highest BCUT2D eigenvalue weighted by molar-refractivity contribution is 9.10. The molecule has 1 amide bonds. The zero-order chi connectivity index (χ0) is 13.1. The van der Waals surface area contributed by atoms with Gasteiger partial charge in [-0.1, -0.05) is 15.9 Å². The highest BCUT2D eigenvalue weighted by Gasteiger charge is 2.07. The molecule has 0 aliphatic rings. The Balaban J connectivity index is 2.16. The summed E-state index contributed by atoms with van der Waals surface area (Å²) >= 11 is 3.28. The normalized spacial score (nSPS) is 10.1. The summed E-state index contributed by atoms with van der Waals surface area (Å²) in [7, 11) is 0. The fourth-order valence-electron chi connectivity index (χ4n) is 1.41. The fraction of sp³-hybridized carbons (Fsp3) is 0. The lowest BCUT2D eigenvalue weighted by atomic mass is 10.2. The van der Waals surface area contributed by atoms with Crippen LogP contribution in [-0.2, 0) is 0 Å². The Bertz CT molecular complexity index is 584. The molecular formula is C13H10BrFN2O. The third kappa shape index (κ3) is 2.87. The summed E-state index contributed by atoms with van der Waals surface area (Å²) in [5.74, 6) is -0.852. The predicted molar refractivity (Wildman–Crippen MR) is 72.9 cm³/mol.